The van der Waals surface area contributed by atoms with Gasteiger partial charge in [0.15, 0.2) is 5.82 Å². The van der Waals surface area contributed by atoms with E-state index in [1.54, 1.807) is 0 Å². The Morgan fingerprint density at radius 3 is 2.72 bits per heavy atom. The molecule has 1 aliphatic heterocycles. The van der Waals surface area contributed by atoms with Crippen LogP contribution < -0.4 is 5.32 Å². The van der Waals surface area contributed by atoms with Gasteiger partial charge in [-0.15, -0.1) is 0 Å². The molecule has 1 unspecified atom stereocenters. The Labute approximate surface area is 115 Å². The van der Waals surface area contributed by atoms with E-state index in [1.165, 1.54) is 0 Å². The Kier molecular flexibility index (Phi) is 4.07. The molecule has 0 bridgehead atoms. The first-order valence-electron chi connectivity index (χ1n) is 5.86. The summed E-state index contributed by atoms with van der Waals surface area (Å²) in [7, 11) is 0. The molecule has 1 aromatic rings. The molecule has 100 valence electrons. The van der Waals surface area contributed by atoms with E-state index in [-0.39, 0.29) is 22.2 Å². The fraction of sp³-hybridized carbons (Fsp3) is 0.538. The average molecular weight is 292 g/mol. The average Bonchev–Trinajstić information content (AvgIpc) is 2.22. The SMILES string of the molecule is CC1(C)CSCC(Nc2c(F)cc(F)cc2Cl)C1. The van der Waals surface area contributed by atoms with E-state index >= 15 is 0 Å². The molecule has 2 rings (SSSR count). The zero-order valence-corrected chi connectivity index (χ0v) is 12.0. The highest BCUT2D eigenvalue weighted by molar-refractivity contribution is 7.99. The zero-order chi connectivity index (χ0) is 13.3. The molecular formula is C13H16ClF2NS. The third-order valence-corrected chi connectivity index (χ3v) is 4.89. The number of nitrogens with one attached hydrogen (secondary N) is 1. The number of hydrogen-bond acceptors (Lipinski definition) is 2. The molecule has 1 fully saturated rings. The fourth-order valence-corrected chi connectivity index (χ4v) is 3.76. The van der Waals surface area contributed by atoms with Crippen LogP contribution in [0.1, 0.15) is 20.3 Å². The van der Waals surface area contributed by atoms with E-state index in [2.05, 4.69) is 19.2 Å². The van der Waals surface area contributed by atoms with Crippen molar-refractivity contribution in [1.29, 1.82) is 0 Å². The van der Waals surface area contributed by atoms with Crippen molar-refractivity contribution in [2.45, 2.75) is 26.3 Å². The molecule has 1 saturated heterocycles. The minimum absolute atomic E-state index is 0.0980. The highest BCUT2D eigenvalue weighted by atomic mass is 35.5. The second kappa shape index (κ2) is 5.25. The van der Waals surface area contributed by atoms with Gasteiger partial charge in [-0.25, -0.2) is 8.78 Å². The predicted molar refractivity (Wildman–Crippen MR) is 74.5 cm³/mol. The number of anilines is 1. The molecule has 1 heterocycles. The minimum Gasteiger partial charge on any atom is -0.378 e. The van der Waals surface area contributed by atoms with Crippen molar-refractivity contribution in [3.05, 3.63) is 28.8 Å². The summed E-state index contributed by atoms with van der Waals surface area (Å²) in [6.07, 6.45) is 0.952. The smallest absolute Gasteiger partial charge is 0.150 e. The number of halogens is 3. The summed E-state index contributed by atoms with van der Waals surface area (Å²) in [5.74, 6) is 0.733. The highest BCUT2D eigenvalue weighted by Crippen LogP contribution is 2.36. The first kappa shape index (κ1) is 13.9. The van der Waals surface area contributed by atoms with E-state index in [0.29, 0.717) is 0 Å². The minimum atomic E-state index is -0.651. The van der Waals surface area contributed by atoms with Crippen LogP contribution in [-0.2, 0) is 0 Å². The lowest BCUT2D eigenvalue weighted by molar-refractivity contribution is 0.357. The molecule has 1 N–H and O–H groups in total. The zero-order valence-electron chi connectivity index (χ0n) is 10.4. The van der Waals surface area contributed by atoms with E-state index in [4.69, 9.17) is 11.6 Å². The van der Waals surface area contributed by atoms with Gasteiger partial charge in [0, 0.05) is 17.9 Å². The van der Waals surface area contributed by atoms with Gasteiger partial charge in [0.2, 0.25) is 0 Å². The summed E-state index contributed by atoms with van der Waals surface area (Å²) < 4.78 is 26.6. The Balaban J connectivity index is 2.14. The largest absolute Gasteiger partial charge is 0.378 e. The molecule has 1 nitrogen and oxygen atoms in total. The van der Waals surface area contributed by atoms with Gasteiger partial charge in [-0.3, -0.25) is 0 Å². The third kappa shape index (κ3) is 3.29. The Morgan fingerprint density at radius 2 is 2.11 bits per heavy atom. The lowest BCUT2D eigenvalue weighted by atomic mass is 9.88. The van der Waals surface area contributed by atoms with Crippen molar-refractivity contribution in [2.24, 2.45) is 5.41 Å². The van der Waals surface area contributed by atoms with Gasteiger partial charge in [0.05, 0.1) is 10.7 Å². The van der Waals surface area contributed by atoms with Crippen molar-refractivity contribution in [3.8, 4) is 0 Å². The molecule has 5 heteroatoms. The molecule has 0 spiro atoms. The Morgan fingerprint density at radius 1 is 1.39 bits per heavy atom. The summed E-state index contributed by atoms with van der Waals surface area (Å²) in [4.78, 5) is 0. The molecular weight excluding hydrogens is 276 g/mol. The summed E-state index contributed by atoms with van der Waals surface area (Å²) in [6.45, 7) is 4.38. The van der Waals surface area contributed by atoms with Crippen molar-refractivity contribution in [3.63, 3.8) is 0 Å². The number of thioether (sulfide) groups is 1. The maximum absolute atomic E-state index is 13.7. The number of rotatable bonds is 2. The van der Waals surface area contributed by atoms with E-state index in [0.717, 1.165) is 30.1 Å². The van der Waals surface area contributed by atoms with Gasteiger partial charge in [0.1, 0.15) is 5.82 Å². The van der Waals surface area contributed by atoms with Crippen molar-refractivity contribution in [1.82, 2.24) is 0 Å². The molecule has 1 aromatic carbocycles. The van der Waals surface area contributed by atoms with Crippen LogP contribution in [0.3, 0.4) is 0 Å². The topological polar surface area (TPSA) is 12.0 Å². The normalized spacial score (nSPS) is 22.8. The van der Waals surface area contributed by atoms with Crippen LogP contribution >= 0.6 is 23.4 Å². The second-order valence-electron chi connectivity index (χ2n) is 5.47. The summed E-state index contributed by atoms with van der Waals surface area (Å²) in [5, 5.41) is 3.20. The summed E-state index contributed by atoms with van der Waals surface area (Å²) in [5.41, 5.74) is 0.435. The Hall–Kier alpha value is -0.480. The van der Waals surface area contributed by atoms with Gasteiger partial charge < -0.3 is 5.32 Å². The van der Waals surface area contributed by atoms with Crippen LogP contribution in [0.4, 0.5) is 14.5 Å². The van der Waals surface area contributed by atoms with E-state index in [9.17, 15) is 8.78 Å². The van der Waals surface area contributed by atoms with Crippen LogP contribution in [0.25, 0.3) is 0 Å². The lowest BCUT2D eigenvalue weighted by Crippen LogP contribution is -2.35. The van der Waals surface area contributed by atoms with E-state index in [1.807, 2.05) is 11.8 Å². The first-order valence-corrected chi connectivity index (χ1v) is 7.39. The van der Waals surface area contributed by atoms with Crippen molar-refractivity contribution in [2.75, 3.05) is 16.8 Å². The number of benzene rings is 1. The monoisotopic (exact) mass is 291 g/mol. The van der Waals surface area contributed by atoms with Crippen LogP contribution in [0, 0.1) is 17.0 Å². The van der Waals surface area contributed by atoms with Crippen LogP contribution in [-0.4, -0.2) is 17.5 Å². The standard InChI is InChI=1S/C13H16ClF2NS/c1-13(2)5-9(6-18-7-13)17-12-10(14)3-8(15)4-11(12)16/h3-4,9,17H,5-7H2,1-2H3. The molecule has 1 aliphatic rings. The van der Waals surface area contributed by atoms with Gasteiger partial charge in [-0.1, -0.05) is 25.4 Å². The Bertz CT molecular complexity index is 428. The highest BCUT2D eigenvalue weighted by Gasteiger charge is 2.29. The van der Waals surface area contributed by atoms with E-state index < -0.39 is 11.6 Å². The fourth-order valence-electron chi connectivity index (χ4n) is 2.24. The first-order chi connectivity index (χ1) is 8.37. The quantitative estimate of drug-likeness (QED) is 0.857. The van der Waals surface area contributed by atoms with Gasteiger partial charge >= 0.3 is 0 Å². The third-order valence-electron chi connectivity index (χ3n) is 2.97. The van der Waals surface area contributed by atoms with Gasteiger partial charge in [-0.05, 0) is 23.7 Å². The summed E-state index contributed by atoms with van der Waals surface area (Å²) >= 11 is 7.72. The second-order valence-corrected chi connectivity index (χ2v) is 6.91. The van der Waals surface area contributed by atoms with Crippen molar-refractivity contribution < 1.29 is 8.78 Å². The van der Waals surface area contributed by atoms with Crippen LogP contribution in [0.5, 0.6) is 0 Å². The van der Waals surface area contributed by atoms with Crippen LogP contribution in [0.2, 0.25) is 5.02 Å². The molecule has 0 aliphatic carbocycles. The molecule has 0 amide bonds. The molecule has 0 saturated carbocycles. The lowest BCUT2D eigenvalue weighted by Gasteiger charge is -2.35. The predicted octanol–water partition coefficient (Wildman–Crippen LogP) is 4.56. The number of hydrogen-bond donors (Lipinski definition) is 1. The maximum atomic E-state index is 13.7. The van der Waals surface area contributed by atoms with Gasteiger partial charge in [-0.2, -0.15) is 11.8 Å². The molecule has 1 atom stereocenters. The maximum Gasteiger partial charge on any atom is 0.150 e. The van der Waals surface area contributed by atoms with Gasteiger partial charge in [0.25, 0.3) is 0 Å². The molecule has 18 heavy (non-hydrogen) atoms. The van der Waals surface area contributed by atoms with Crippen LogP contribution in [0.15, 0.2) is 12.1 Å². The molecule has 0 aromatic heterocycles. The van der Waals surface area contributed by atoms with Crippen molar-refractivity contribution >= 4 is 29.1 Å². The summed E-state index contributed by atoms with van der Waals surface area (Å²) in [6, 6.07) is 2.15. The molecule has 0 radical (unpaired) electrons.